The number of aryl methyl sites for hydroxylation is 2. The number of para-hydroxylation sites is 1. The minimum Gasteiger partial charge on any atom is -0.356 e. The van der Waals surface area contributed by atoms with E-state index in [1.54, 1.807) is 0 Å². The molecule has 1 aliphatic rings. The molecule has 1 amide bonds. The van der Waals surface area contributed by atoms with E-state index in [4.69, 9.17) is 5.10 Å². The van der Waals surface area contributed by atoms with Crippen molar-refractivity contribution in [1.29, 1.82) is 0 Å². The highest BCUT2D eigenvalue weighted by Crippen LogP contribution is 2.25. The van der Waals surface area contributed by atoms with Gasteiger partial charge in [-0.3, -0.25) is 4.79 Å². The van der Waals surface area contributed by atoms with E-state index in [-0.39, 0.29) is 5.91 Å². The van der Waals surface area contributed by atoms with E-state index in [1.807, 2.05) is 35.0 Å². The van der Waals surface area contributed by atoms with Crippen molar-refractivity contribution in [3.05, 3.63) is 71.9 Å². The van der Waals surface area contributed by atoms with Crippen LogP contribution in [-0.2, 0) is 11.2 Å². The average molecular weight is 446 g/mol. The molecule has 0 unspecified atom stereocenters. The SMILES string of the molecule is Cc1ccc(-c2nn(-c3ccccc3)cc2CCC(=O)NCCCN2CCN(C)CC2)cc1. The number of carbonyl (C=O) groups is 1. The molecule has 1 N–H and O–H groups in total. The molecule has 0 aliphatic carbocycles. The van der Waals surface area contributed by atoms with E-state index in [0.29, 0.717) is 12.8 Å². The van der Waals surface area contributed by atoms with Crippen LogP contribution in [0.3, 0.4) is 0 Å². The van der Waals surface area contributed by atoms with Crippen LogP contribution in [0.2, 0.25) is 0 Å². The maximum Gasteiger partial charge on any atom is 0.220 e. The molecule has 6 heteroatoms. The molecule has 0 atom stereocenters. The van der Waals surface area contributed by atoms with Crippen LogP contribution in [0.4, 0.5) is 0 Å². The molecule has 0 radical (unpaired) electrons. The number of nitrogens with one attached hydrogen (secondary N) is 1. The molecule has 1 fully saturated rings. The second-order valence-corrected chi connectivity index (χ2v) is 9.00. The predicted octanol–water partition coefficient (Wildman–Crippen LogP) is 3.53. The third-order valence-corrected chi connectivity index (χ3v) is 6.33. The molecule has 1 aromatic heterocycles. The standard InChI is InChI=1S/C27H35N5O/c1-22-9-11-23(12-10-22)27-24(21-32(29-27)25-7-4-3-5-8-25)13-14-26(33)28-15-6-16-31-19-17-30(2)18-20-31/h3-5,7-12,21H,6,13-20H2,1-2H3,(H,28,33). The van der Waals surface area contributed by atoms with Crippen molar-refractivity contribution in [3.63, 3.8) is 0 Å². The molecule has 6 nitrogen and oxygen atoms in total. The van der Waals surface area contributed by atoms with Gasteiger partial charge >= 0.3 is 0 Å². The minimum atomic E-state index is 0.107. The molecule has 2 aromatic carbocycles. The van der Waals surface area contributed by atoms with Crippen LogP contribution in [-0.4, -0.2) is 71.8 Å². The van der Waals surface area contributed by atoms with Crippen LogP contribution in [0.1, 0.15) is 24.0 Å². The van der Waals surface area contributed by atoms with Gasteiger partial charge in [0.25, 0.3) is 0 Å². The highest BCUT2D eigenvalue weighted by atomic mass is 16.1. The first-order valence-corrected chi connectivity index (χ1v) is 12.0. The van der Waals surface area contributed by atoms with E-state index >= 15 is 0 Å². The second kappa shape index (κ2) is 11.3. The summed E-state index contributed by atoms with van der Waals surface area (Å²) in [6.07, 6.45) is 4.19. The van der Waals surface area contributed by atoms with E-state index < -0.39 is 0 Å². The van der Waals surface area contributed by atoms with Crippen LogP contribution in [0.15, 0.2) is 60.8 Å². The fraction of sp³-hybridized carbons (Fsp3) is 0.407. The summed E-state index contributed by atoms with van der Waals surface area (Å²) in [5.74, 6) is 0.107. The normalized spacial score (nSPS) is 15.0. The first-order valence-electron chi connectivity index (χ1n) is 12.0. The Kier molecular flexibility index (Phi) is 7.92. The van der Waals surface area contributed by atoms with Gasteiger partial charge in [-0.2, -0.15) is 5.10 Å². The van der Waals surface area contributed by atoms with Gasteiger partial charge in [0.1, 0.15) is 0 Å². The first-order chi connectivity index (χ1) is 16.1. The van der Waals surface area contributed by atoms with Crippen LogP contribution in [0, 0.1) is 6.92 Å². The Morgan fingerprint density at radius 1 is 1.00 bits per heavy atom. The van der Waals surface area contributed by atoms with Crippen molar-refractivity contribution in [2.75, 3.05) is 46.3 Å². The number of aromatic nitrogens is 2. The number of nitrogens with zero attached hydrogens (tertiary/aromatic N) is 4. The average Bonchev–Trinajstić information content (AvgIpc) is 3.27. The Bertz CT molecular complexity index is 1020. The second-order valence-electron chi connectivity index (χ2n) is 9.00. The third-order valence-electron chi connectivity index (χ3n) is 6.33. The van der Waals surface area contributed by atoms with Crippen LogP contribution in [0.5, 0.6) is 0 Å². The summed E-state index contributed by atoms with van der Waals surface area (Å²) in [7, 11) is 2.17. The van der Waals surface area contributed by atoms with Gasteiger partial charge < -0.3 is 15.1 Å². The summed E-state index contributed by atoms with van der Waals surface area (Å²) in [5, 5.41) is 7.97. The molecule has 3 aromatic rings. The molecule has 0 bridgehead atoms. The molecule has 174 valence electrons. The van der Waals surface area contributed by atoms with Gasteiger partial charge in [0, 0.05) is 50.9 Å². The maximum absolute atomic E-state index is 12.5. The number of piperazine rings is 1. The minimum absolute atomic E-state index is 0.107. The highest BCUT2D eigenvalue weighted by molar-refractivity contribution is 5.76. The maximum atomic E-state index is 12.5. The number of rotatable bonds is 9. The molecular formula is C27H35N5O. The molecule has 33 heavy (non-hydrogen) atoms. The fourth-order valence-electron chi connectivity index (χ4n) is 4.20. The van der Waals surface area contributed by atoms with Gasteiger partial charge in [-0.1, -0.05) is 48.0 Å². The van der Waals surface area contributed by atoms with Gasteiger partial charge in [0.2, 0.25) is 5.91 Å². The van der Waals surface area contributed by atoms with Crippen LogP contribution in [0.25, 0.3) is 16.9 Å². The topological polar surface area (TPSA) is 53.4 Å². The van der Waals surface area contributed by atoms with Crippen molar-refractivity contribution >= 4 is 5.91 Å². The Labute approximate surface area is 197 Å². The molecule has 4 rings (SSSR count). The molecule has 0 saturated carbocycles. The number of carbonyl (C=O) groups excluding carboxylic acids is 1. The van der Waals surface area contributed by atoms with E-state index in [1.165, 1.54) is 5.56 Å². The van der Waals surface area contributed by atoms with E-state index in [0.717, 1.165) is 68.2 Å². The van der Waals surface area contributed by atoms with Crippen molar-refractivity contribution in [3.8, 4) is 16.9 Å². The van der Waals surface area contributed by atoms with Gasteiger partial charge in [0.15, 0.2) is 0 Å². The van der Waals surface area contributed by atoms with Crippen LogP contribution >= 0.6 is 0 Å². The van der Waals surface area contributed by atoms with E-state index in [2.05, 4.69) is 59.6 Å². The zero-order chi connectivity index (χ0) is 23.0. The molecule has 2 heterocycles. The highest BCUT2D eigenvalue weighted by Gasteiger charge is 2.15. The molecule has 1 saturated heterocycles. The lowest BCUT2D eigenvalue weighted by Crippen LogP contribution is -2.45. The lowest BCUT2D eigenvalue weighted by atomic mass is 10.0. The Balaban J connectivity index is 1.34. The summed E-state index contributed by atoms with van der Waals surface area (Å²) in [6.45, 7) is 8.38. The van der Waals surface area contributed by atoms with Gasteiger partial charge in [-0.05, 0) is 51.1 Å². The zero-order valence-corrected chi connectivity index (χ0v) is 19.8. The Hall–Kier alpha value is -2.96. The summed E-state index contributed by atoms with van der Waals surface area (Å²) in [5.41, 5.74) is 5.36. The van der Waals surface area contributed by atoms with Crippen molar-refractivity contribution in [1.82, 2.24) is 24.9 Å². The van der Waals surface area contributed by atoms with Crippen LogP contribution < -0.4 is 5.32 Å². The number of likely N-dealkylation sites (N-methyl/N-ethyl adjacent to an activating group) is 1. The quantitative estimate of drug-likeness (QED) is 0.512. The zero-order valence-electron chi connectivity index (χ0n) is 19.8. The predicted molar refractivity (Wildman–Crippen MR) is 134 cm³/mol. The van der Waals surface area contributed by atoms with Gasteiger partial charge in [0.05, 0.1) is 11.4 Å². The number of amides is 1. The summed E-state index contributed by atoms with van der Waals surface area (Å²) < 4.78 is 1.92. The third kappa shape index (κ3) is 6.53. The lowest BCUT2D eigenvalue weighted by molar-refractivity contribution is -0.121. The lowest BCUT2D eigenvalue weighted by Gasteiger charge is -2.32. The van der Waals surface area contributed by atoms with Crippen molar-refractivity contribution in [2.24, 2.45) is 0 Å². The fourth-order valence-corrected chi connectivity index (χ4v) is 4.20. The summed E-state index contributed by atoms with van der Waals surface area (Å²) in [6, 6.07) is 18.5. The summed E-state index contributed by atoms with van der Waals surface area (Å²) >= 11 is 0. The van der Waals surface area contributed by atoms with E-state index in [9.17, 15) is 4.79 Å². The summed E-state index contributed by atoms with van der Waals surface area (Å²) in [4.78, 5) is 17.4. The largest absolute Gasteiger partial charge is 0.356 e. The number of hydrogen-bond donors (Lipinski definition) is 1. The first kappa shape index (κ1) is 23.2. The van der Waals surface area contributed by atoms with Crippen molar-refractivity contribution in [2.45, 2.75) is 26.2 Å². The Morgan fingerprint density at radius 2 is 1.73 bits per heavy atom. The van der Waals surface area contributed by atoms with Crippen molar-refractivity contribution < 1.29 is 4.79 Å². The molecular weight excluding hydrogens is 410 g/mol. The Morgan fingerprint density at radius 3 is 2.45 bits per heavy atom. The molecule has 1 aliphatic heterocycles. The monoisotopic (exact) mass is 445 g/mol. The number of hydrogen-bond acceptors (Lipinski definition) is 4. The number of benzene rings is 2. The van der Waals surface area contributed by atoms with Gasteiger partial charge in [-0.25, -0.2) is 4.68 Å². The smallest absolute Gasteiger partial charge is 0.220 e. The van der Waals surface area contributed by atoms with Gasteiger partial charge in [-0.15, -0.1) is 0 Å². The molecule has 0 spiro atoms.